The van der Waals surface area contributed by atoms with E-state index in [0.29, 0.717) is 13.1 Å². The van der Waals surface area contributed by atoms with E-state index in [1.807, 2.05) is 19.2 Å². The van der Waals surface area contributed by atoms with Gasteiger partial charge in [0.05, 0.1) is 10.6 Å². The molecule has 0 aliphatic carbocycles. The Hall–Kier alpha value is -2.33. The second kappa shape index (κ2) is 5.64. The molecule has 2 aromatic carbocycles. The summed E-state index contributed by atoms with van der Waals surface area (Å²) in [6.07, 6.45) is 0.748. The van der Waals surface area contributed by atoms with Crippen LogP contribution in [0.3, 0.4) is 0 Å². The monoisotopic (exact) mass is 342 g/mol. The predicted molar refractivity (Wildman–Crippen MR) is 92.8 cm³/mol. The summed E-state index contributed by atoms with van der Waals surface area (Å²) < 4.78 is 16.3. The Bertz CT molecular complexity index is 943. The van der Waals surface area contributed by atoms with E-state index in [1.165, 1.54) is 17.8 Å². The first kappa shape index (κ1) is 15.2. The van der Waals surface area contributed by atoms with Crippen LogP contribution >= 0.6 is 11.6 Å². The minimum atomic E-state index is -0.573. The highest BCUT2D eigenvalue weighted by atomic mass is 35.5. The van der Waals surface area contributed by atoms with E-state index in [9.17, 15) is 9.18 Å². The lowest BCUT2D eigenvalue weighted by molar-refractivity contribution is 0.0729. The van der Waals surface area contributed by atoms with Crippen LogP contribution in [-0.2, 0) is 20.0 Å². The maximum atomic E-state index is 14.1. The van der Waals surface area contributed by atoms with Crippen LogP contribution in [0.2, 0.25) is 5.02 Å². The van der Waals surface area contributed by atoms with Crippen molar-refractivity contribution in [1.82, 2.24) is 9.47 Å². The molecule has 3 nitrogen and oxygen atoms in total. The number of carbonyl (C=O) groups is 1. The van der Waals surface area contributed by atoms with Crippen molar-refractivity contribution in [2.45, 2.75) is 13.0 Å². The molecule has 5 heteroatoms. The molecule has 3 aromatic rings. The van der Waals surface area contributed by atoms with Crippen LogP contribution in [0.4, 0.5) is 4.39 Å². The Morgan fingerprint density at radius 3 is 2.75 bits per heavy atom. The number of para-hydroxylation sites is 1. The van der Waals surface area contributed by atoms with Gasteiger partial charge in [0.1, 0.15) is 5.82 Å². The molecule has 0 N–H and O–H groups in total. The summed E-state index contributed by atoms with van der Waals surface area (Å²) in [5.74, 6) is -0.923. The number of carbonyl (C=O) groups excluding carboxylic acids is 1. The number of fused-ring (bicyclic) bond motifs is 3. The maximum Gasteiger partial charge on any atom is 0.258 e. The third-order valence-electron chi connectivity index (χ3n) is 4.78. The summed E-state index contributed by atoms with van der Waals surface area (Å²) in [6.45, 7) is 1.03. The Morgan fingerprint density at radius 2 is 1.96 bits per heavy atom. The molecule has 0 atom stereocenters. The summed E-state index contributed by atoms with van der Waals surface area (Å²) in [4.78, 5) is 14.5. The molecule has 0 fully saturated rings. The van der Waals surface area contributed by atoms with E-state index in [-0.39, 0.29) is 16.5 Å². The fourth-order valence-corrected chi connectivity index (χ4v) is 3.81. The van der Waals surface area contributed by atoms with E-state index in [2.05, 4.69) is 16.7 Å². The fraction of sp³-hybridized carbons (Fsp3) is 0.211. The van der Waals surface area contributed by atoms with Gasteiger partial charge >= 0.3 is 0 Å². The van der Waals surface area contributed by atoms with Crippen LogP contribution in [0.5, 0.6) is 0 Å². The lowest BCUT2D eigenvalue weighted by atomic mass is 10.0. The quantitative estimate of drug-likeness (QED) is 0.651. The van der Waals surface area contributed by atoms with Crippen molar-refractivity contribution in [3.05, 3.63) is 70.1 Å². The number of aromatic nitrogens is 1. The molecule has 2 heterocycles. The summed E-state index contributed by atoms with van der Waals surface area (Å²) in [6, 6.07) is 12.5. The van der Waals surface area contributed by atoms with Crippen LogP contribution in [-0.4, -0.2) is 21.9 Å². The number of hydrogen-bond acceptors (Lipinski definition) is 1. The van der Waals surface area contributed by atoms with Crippen molar-refractivity contribution in [2.75, 3.05) is 6.54 Å². The number of rotatable bonds is 1. The van der Waals surface area contributed by atoms with Gasteiger partial charge in [-0.1, -0.05) is 35.9 Å². The Labute approximate surface area is 144 Å². The van der Waals surface area contributed by atoms with Gasteiger partial charge in [0.2, 0.25) is 0 Å². The molecular formula is C19H16ClFN2O. The highest BCUT2D eigenvalue weighted by Crippen LogP contribution is 2.31. The molecule has 122 valence electrons. The van der Waals surface area contributed by atoms with Crippen LogP contribution in [0.25, 0.3) is 10.9 Å². The SMILES string of the molecule is Cn1c2c(c3ccccc31)CN(C(=O)c1c(F)cccc1Cl)CC2. The number of hydrogen-bond donors (Lipinski definition) is 0. The van der Waals surface area contributed by atoms with Gasteiger partial charge in [-0.25, -0.2) is 4.39 Å². The van der Waals surface area contributed by atoms with Crippen LogP contribution < -0.4 is 0 Å². The molecular weight excluding hydrogens is 327 g/mol. The first-order valence-corrected chi connectivity index (χ1v) is 8.24. The highest BCUT2D eigenvalue weighted by molar-refractivity contribution is 6.33. The zero-order valence-corrected chi connectivity index (χ0v) is 14.0. The third kappa shape index (κ3) is 2.21. The summed E-state index contributed by atoms with van der Waals surface area (Å²) in [7, 11) is 2.05. The first-order chi connectivity index (χ1) is 11.6. The molecule has 0 saturated carbocycles. The molecule has 4 rings (SSSR count). The van der Waals surface area contributed by atoms with Gasteiger partial charge in [-0.2, -0.15) is 0 Å². The van der Waals surface area contributed by atoms with Crippen LogP contribution in [0, 0.1) is 5.82 Å². The lowest BCUT2D eigenvalue weighted by Crippen LogP contribution is -2.36. The lowest BCUT2D eigenvalue weighted by Gasteiger charge is -2.28. The zero-order valence-electron chi connectivity index (χ0n) is 13.2. The zero-order chi connectivity index (χ0) is 16.8. The van der Waals surface area contributed by atoms with Crippen molar-refractivity contribution >= 4 is 28.4 Å². The average molecular weight is 343 g/mol. The third-order valence-corrected chi connectivity index (χ3v) is 5.09. The normalized spacial score (nSPS) is 14.0. The molecule has 24 heavy (non-hydrogen) atoms. The van der Waals surface area contributed by atoms with Crippen LogP contribution in [0.1, 0.15) is 21.6 Å². The van der Waals surface area contributed by atoms with Crippen molar-refractivity contribution < 1.29 is 9.18 Å². The minimum absolute atomic E-state index is 0.0390. The topological polar surface area (TPSA) is 25.2 Å². The first-order valence-electron chi connectivity index (χ1n) is 7.86. The number of aryl methyl sites for hydroxylation is 1. The van der Waals surface area contributed by atoms with Gasteiger partial charge in [-0.3, -0.25) is 4.79 Å². The standard InChI is InChI=1S/C19H16ClFN2O/c1-22-16-8-3-2-5-12(16)13-11-23(10-9-17(13)22)19(24)18-14(20)6-4-7-15(18)21/h2-8H,9-11H2,1H3. The largest absolute Gasteiger partial charge is 0.347 e. The number of nitrogens with zero attached hydrogens (tertiary/aromatic N) is 2. The van der Waals surface area contributed by atoms with Gasteiger partial charge in [0.25, 0.3) is 5.91 Å². The highest BCUT2D eigenvalue weighted by Gasteiger charge is 2.28. The molecule has 0 saturated heterocycles. The number of benzene rings is 2. The molecule has 1 aliphatic rings. The molecule has 0 radical (unpaired) electrons. The van der Waals surface area contributed by atoms with Crippen LogP contribution in [0.15, 0.2) is 42.5 Å². The summed E-state index contributed by atoms with van der Waals surface area (Å²) in [5.41, 5.74) is 3.49. The van der Waals surface area contributed by atoms with Crippen molar-refractivity contribution in [1.29, 1.82) is 0 Å². The van der Waals surface area contributed by atoms with Gasteiger partial charge in [0.15, 0.2) is 0 Å². The Kier molecular flexibility index (Phi) is 3.57. The summed E-state index contributed by atoms with van der Waals surface area (Å²) in [5, 5.41) is 1.30. The van der Waals surface area contributed by atoms with E-state index >= 15 is 0 Å². The smallest absolute Gasteiger partial charge is 0.258 e. The van der Waals surface area contributed by atoms with E-state index in [1.54, 1.807) is 11.0 Å². The number of halogens is 2. The fourth-order valence-electron chi connectivity index (χ4n) is 3.56. The van der Waals surface area contributed by atoms with Gasteiger partial charge in [-0.15, -0.1) is 0 Å². The van der Waals surface area contributed by atoms with Crippen molar-refractivity contribution in [2.24, 2.45) is 7.05 Å². The average Bonchev–Trinajstić information content (AvgIpc) is 2.87. The molecule has 1 aliphatic heterocycles. The Balaban J connectivity index is 1.75. The van der Waals surface area contributed by atoms with E-state index < -0.39 is 5.82 Å². The second-order valence-corrected chi connectivity index (χ2v) is 6.48. The molecule has 0 unspecified atom stereocenters. The maximum absolute atomic E-state index is 14.1. The minimum Gasteiger partial charge on any atom is -0.347 e. The van der Waals surface area contributed by atoms with E-state index in [4.69, 9.17) is 11.6 Å². The van der Waals surface area contributed by atoms with Crippen molar-refractivity contribution in [3.63, 3.8) is 0 Å². The number of amides is 1. The second-order valence-electron chi connectivity index (χ2n) is 6.07. The van der Waals surface area contributed by atoms with Gasteiger partial charge in [0, 0.05) is 48.7 Å². The van der Waals surface area contributed by atoms with Crippen molar-refractivity contribution in [3.8, 4) is 0 Å². The molecule has 1 aromatic heterocycles. The molecule has 0 bridgehead atoms. The Morgan fingerprint density at radius 1 is 1.17 bits per heavy atom. The summed E-state index contributed by atoms with van der Waals surface area (Å²) >= 11 is 6.05. The predicted octanol–water partition coefficient (Wildman–Crippen LogP) is 4.17. The van der Waals surface area contributed by atoms with Gasteiger partial charge in [-0.05, 0) is 18.2 Å². The van der Waals surface area contributed by atoms with Gasteiger partial charge < -0.3 is 9.47 Å². The molecule has 1 amide bonds. The van der Waals surface area contributed by atoms with E-state index in [0.717, 1.165) is 22.9 Å². The molecule has 0 spiro atoms.